The molecule has 0 radical (unpaired) electrons. The van der Waals surface area contributed by atoms with E-state index in [4.69, 9.17) is 10.1 Å². The Morgan fingerprint density at radius 3 is 2.90 bits per heavy atom. The molecule has 1 aromatic carbocycles. The van der Waals surface area contributed by atoms with Gasteiger partial charge in [0.15, 0.2) is 5.65 Å². The van der Waals surface area contributed by atoms with Crippen LogP contribution < -0.4 is 5.32 Å². The summed E-state index contributed by atoms with van der Waals surface area (Å²) in [5.74, 6) is 0.862. The summed E-state index contributed by atoms with van der Waals surface area (Å²) in [5.41, 5.74) is 5.00. The summed E-state index contributed by atoms with van der Waals surface area (Å²) in [4.78, 5) is 19.8. The standard InChI is InChI=1S/C24H33N5O/c1-16-8-7-13-28(15-16)17(2)14-25-23(30)12-11-20-18(3)26-24-21-9-5-6-10-22(21)27-29(24)19(20)4/h5-6,9-10,16-17H,7-8,11-15H2,1-4H3,(H,25,30). The number of nitrogens with zero attached hydrogens (tertiary/aromatic N) is 4. The van der Waals surface area contributed by atoms with E-state index in [0.29, 0.717) is 25.4 Å². The van der Waals surface area contributed by atoms with Crippen LogP contribution in [0.15, 0.2) is 24.3 Å². The van der Waals surface area contributed by atoms with Gasteiger partial charge >= 0.3 is 0 Å². The highest BCUT2D eigenvalue weighted by Crippen LogP contribution is 2.23. The molecule has 2 atom stereocenters. The molecule has 1 amide bonds. The van der Waals surface area contributed by atoms with Gasteiger partial charge in [-0.15, -0.1) is 0 Å². The van der Waals surface area contributed by atoms with Gasteiger partial charge in [-0.2, -0.15) is 5.10 Å². The van der Waals surface area contributed by atoms with Crippen LogP contribution in [0.1, 0.15) is 50.1 Å². The molecule has 1 N–H and O–H groups in total. The van der Waals surface area contributed by atoms with Crippen LogP contribution in [0.2, 0.25) is 0 Å². The second-order valence-corrected chi connectivity index (χ2v) is 8.91. The van der Waals surface area contributed by atoms with Crippen molar-refractivity contribution in [2.45, 2.75) is 59.4 Å². The first kappa shape index (κ1) is 20.8. The summed E-state index contributed by atoms with van der Waals surface area (Å²) in [6, 6.07) is 8.46. The number of nitrogens with one attached hydrogen (secondary N) is 1. The number of benzene rings is 1. The summed E-state index contributed by atoms with van der Waals surface area (Å²) >= 11 is 0. The van der Waals surface area contributed by atoms with Crippen LogP contribution >= 0.6 is 0 Å². The van der Waals surface area contributed by atoms with E-state index in [2.05, 4.69) is 37.1 Å². The Balaban J connectivity index is 1.39. The number of carbonyl (C=O) groups excluding carboxylic acids is 1. The monoisotopic (exact) mass is 407 g/mol. The molecule has 1 aliphatic rings. The van der Waals surface area contributed by atoms with Crippen LogP contribution in [-0.4, -0.2) is 51.1 Å². The van der Waals surface area contributed by atoms with Gasteiger partial charge in [-0.25, -0.2) is 9.50 Å². The Kier molecular flexibility index (Phi) is 6.04. The van der Waals surface area contributed by atoms with E-state index in [0.717, 1.165) is 52.5 Å². The highest BCUT2D eigenvalue weighted by atomic mass is 16.1. The van der Waals surface area contributed by atoms with Gasteiger partial charge in [-0.1, -0.05) is 19.1 Å². The smallest absolute Gasteiger partial charge is 0.220 e. The summed E-state index contributed by atoms with van der Waals surface area (Å²) in [7, 11) is 0. The summed E-state index contributed by atoms with van der Waals surface area (Å²) in [6.07, 6.45) is 3.73. The van der Waals surface area contributed by atoms with E-state index in [1.165, 1.54) is 12.8 Å². The van der Waals surface area contributed by atoms with Crippen molar-refractivity contribution in [1.29, 1.82) is 0 Å². The van der Waals surface area contributed by atoms with Crippen molar-refractivity contribution in [3.8, 4) is 0 Å². The molecular weight excluding hydrogens is 374 g/mol. The maximum atomic E-state index is 12.5. The zero-order valence-electron chi connectivity index (χ0n) is 18.6. The van der Waals surface area contributed by atoms with Crippen molar-refractivity contribution >= 4 is 22.5 Å². The molecule has 2 unspecified atom stereocenters. The molecule has 1 aliphatic heterocycles. The van der Waals surface area contributed by atoms with Gasteiger partial charge in [0.1, 0.15) is 0 Å². The van der Waals surface area contributed by atoms with Crippen molar-refractivity contribution in [3.63, 3.8) is 0 Å². The molecule has 0 aliphatic carbocycles. The van der Waals surface area contributed by atoms with Gasteiger partial charge in [0.25, 0.3) is 0 Å². The van der Waals surface area contributed by atoms with Crippen molar-refractivity contribution in [3.05, 3.63) is 41.2 Å². The third-order valence-corrected chi connectivity index (χ3v) is 6.53. The molecule has 0 bridgehead atoms. The number of hydrogen-bond acceptors (Lipinski definition) is 4. The lowest BCUT2D eigenvalue weighted by Gasteiger charge is -2.35. The number of aromatic nitrogens is 3. The Morgan fingerprint density at radius 2 is 2.10 bits per heavy atom. The fourth-order valence-electron chi connectivity index (χ4n) is 4.68. The van der Waals surface area contributed by atoms with Gasteiger partial charge in [0.05, 0.1) is 5.52 Å². The molecule has 0 saturated carbocycles. The van der Waals surface area contributed by atoms with E-state index < -0.39 is 0 Å². The SMILES string of the molecule is Cc1nc2c3ccccc3nn2c(C)c1CCC(=O)NCC(C)N1CCCC(C)C1. The molecule has 6 nitrogen and oxygen atoms in total. The third kappa shape index (κ3) is 4.19. The van der Waals surface area contributed by atoms with Gasteiger partial charge < -0.3 is 5.32 Å². The van der Waals surface area contributed by atoms with Crippen molar-refractivity contribution in [2.24, 2.45) is 5.92 Å². The van der Waals surface area contributed by atoms with E-state index >= 15 is 0 Å². The highest BCUT2D eigenvalue weighted by molar-refractivity contribution is 5.92. The number of hydrogen-bond donors (Lipinski definition) is 1. The molecule has 1 fully saturated rings. The van der Waals surface area contributed by atoms with Crippen LogP contribution in [0.25, 0.3) is 16.6 Å². The Labute approximate surface area is 178 Å². The van der Waals surface area contributed by atoms with Crippen LogP contribution in [0.3, 0.4) is 0 Å². The fraction of sp³-hybridized carbons (Fsp3) is 0.542. The number of fused-ring (bicyclic) bond motifs is 3. The first-order valence-electron chi connectivity index (χ1n) is 11.2. The van der Waals surface area contributed by atoms with E-state index in [-0.39, 0.29) is 5.91 Å². The molecule has 30 heavy (non-hydrogen) atoms. The topological polar surface area (TPSA) is 62.5 Å². The van der Waals surface area contributed by atoms with Crippen LogP contribution in [-0.2, 0) is 11.2 Å². The second-order valence-electron chi connectivity index (χ2n) is 8.91. The molecule has 6 heteroatoms. The maximum absolute atomic E-state index is 12.5. The van der Waals surface area contributed by atoms with Crippen LogP contribution in [0, 0.1) is 19.8 Å². The molecule has 3 aromatic rings. The molecule has 2 aromatic heterocycles. The normalized spacial score (nSPS) is 18.7. The average molecular weight is 408 g/mol. The van der Waals surface area contributed by atoms with Crippen LogP contribution in [0.5, 0.6) is 0 Å². The number of likely N-dealkylation sites (tertiary alicyclic amines) is 1. The van der Waals surface area contributed by atoms with E-state index in [9.17, 15) is 4.79 Å². The first-order chi connectivity index (χ1) is 14.4. The van der Waals surface area contributed by atoms with E-state index in [1.54, 1.807) is 0 Å². The van der Waals surface area contributed by atoms with Gasteiger partial charge in [-0.3, -0.25) is 9.69 Å². The van der Waals surface area contributed by atoms with Gasteiger partial charge in [0.2, 0.25) is 5.91 Å². The minimum atomic E-state index is 0.108. The summed E-state index contributed by atoms with van der Waals surface area (Å²) in [5, 5.41) is 8.91. The fourth-order valence-corrected chi connectivity index (χ4v) is 4.68. The average Bonchev–Trinajstić information content (AvgIpc) is 3.10. The molecule has 0 spiro atoms. The Hall–Kier alpha value is -2.47. The highest BCUT2D eigenvalue weighted by Gasteiger charge is 2.21. The molecule has 160 valence electrons. The summed E-state index contributed by atoms with van der Waals surface area (Å²) < 4.78 is 1.92. The minimum Gasteiger partial charge on any atom is -0.355 e. The molecule has 3 heterocycles. The summed E-state index contributed by atoms with van der Waals surface area (Å²) in [6.45, 7) is 11.6. The number of aryl methyl sites for hydroxylation is 2. The molecular formula is C24H33N5O. The maximum Gasteiger partial charge on any atom is 0.220 e. The predicted octanol–water partition coefficient (Wildman–Crippen LogP) is 3.67. The molecule has 4 rings (SSSR count). The molecule has 1 saturated heterocycles. The zero-order valence-corrected chi connectivity index (χ0v) is 18.6. The van der Waals surface area contributed by atoms with Gasteiger partial charge in [-0.05, 0) is 70.2 Å². The van der Waals surface area contributed by atoms with Crippen molar-refractivity contribution < 1.29 is 4.79 Å². The van der Waals surface area contributed by atoms with Crippen molar-refractivity contribution in [1.82, 2.24) is 24.8 Å². The van der Waals surface area contributed by atoms with Gasteiger partial charge in [0, 0.05) is 42.3 Å². The Bertz CT molecular complexity index is 1060. The number of amides is 1. The second kappa shape index (κ2) is 8.72. The lowest BCUT2D eigenvalue weighted by Crippen LogP contribution is -2.46. The number of rotatable bonds is 6. The minimum absolute atomic E-state index is 0.108. The van der Waals surface area contributed by atoms with E-state index in [1.807, 2.05) is 29.6 Å². The predicted molar refractivity (Wildman–Crippen MR) is 121 cm³/mol. The quantitative estimate of drug-likeness (QED) is 0.677. The van der Waals surface area contributed by atoms with Crippen LogP contribution in [0.4, 0.5) is 0 Å². The zero-order chi connectivity index (χ0) is 21.3. The van der Waals surface area contributed by atoms with Crippen molar-refractivity contribution in [2.75, 3.05) is 19.6 Å². The number of carbonyl (C=O) groups is 1. The largest absolute Gasteiger partial charge is 0.355 e. The first-order valence-corrected chi connectivity index (χ1v) is 11.2. The third-order valence-electron chi connectivity index (χ3n) is 6.53. The lowest BCUT2D eigenvalue weighted by atomic mass is 9.99. The number of piperidine rings is 1. The lowest BCUT2D eigenvalue weighted by molar-refractivity contribution is -0.121. The Morgan fingerprint density at radius 1 is 1.30 bits per heavy atom.